The van der Waals surface area contributed by atoms with Crippen LogP contribution in [0.1, 0.15) is 23.6 Å². The van der Waals surface area contributed by atoms with Gasteiger partial charge in [0.25, 0.3) is 0 Å². The Morgan fingerprint density at radius 1 is 1.15 bits per heavy atom. The summed E-state index contributed by atoms with van der Waals surface area (Å²) in [5.74, 6) is 0.835. The minimum atomic E-state index is 0.686. The van der Waals surface area contributed by atoms with Crippen LogP contribution >= 0.6 is 11.8 Å². The van der Waals surface area contributed by atoms with E-state index in [2.05, 4.69) is 48.4 Å². The molecule has 0 radical (unpaired) electrons. The maximum Gasteiger partial charge on any atom is 0.180 e. The summed E-state index contributed by atoms with van der Waals surface area (Å²) in [6.45, 7) is 2.87. The number of rotatable bonds is 4. The molecule has 5 heteroatoms. The second-order valence-corrected chi connectivity index (χ2v) is 7.28. The van der Waals surface area contributed by atoms with Crippen molar-refractivity contribution >= 4 is 33.5 Å². The summed E-state index contributed by atoms with van der Waals surface area (Å²) in [5.41, 5.74) is 6.07. The molecule has 4 nitrogen and oxygen atoms in total. The number of H-pyrrole nitrogens is 1. The smallest absolute Gasteiger partial charge is 0.180 e. The number of aromatic nitrogens is 1. The van der Waals surface area contributed by atoms with E-state index in [-0.39, 0.29) is 0 Å². The Labute approximate surface area is 158 Å². The Morgan fingerprint density at radius 2 is 2.00 bits per heavy atom. The Bertz CT molecular complexity index is 972. The number of aromatic amines is 1. The van der Waals surface area contributed by atoms with E-state index in [9.17, 15) is 0 Å². The predicted molar refractivity (Wildman–Crippen MR) is 112 cm³/mol. The van der Waals surface area contributed by atoms with E-state index in [1.165, 1.54) is 27.6 Å². The van der Waals surface area contributed by atoms with Crippen LogP contribution in [-0.4, -0.2) is 33.7 Å². The summed E-state index contributed by atoms with van der Waals surface area (Å²) in [6, 6.07) is 16.8. The van der Waals surface area contributed by atoms with E-state index in [4.69, 9.17) is 10.1 Å². The third-order valence-electron chi connectivity index (χ3n) is 4.62. The fourth-order valence-electron chi connectivity index (χ4n) is 3.25. The summed E-state index contributed by atoms with van der Waals surface area (Å²) in [7, 11) is 1.97. The minimum absolute atomic E-state index is 0.686. The van der Waals surface area contributed by atoms with Gasteiger partial charge in [-0.25, -0.2) is 5.01 Å². The average molecular weight is 363 g/mol. The molecule has 1 aromatic heterocycles. The summed E-state index contributed by atoms with van der Waals surface area (Å²) in [6.07, 6.45) is 3.11. The van der Waals surface area contributed by atoms with Crippen molar-refractivity contribution in [2.24, 2.45) is 10.1 Å². The number of hydrazone groups is 1. The fourth-order valence-corrected chi connectivity index (χ4v) is 4.11. The number of thioether (sulfide) groups is 1. The number of benzene rings is 2. The molecule has 3 aromatic rings. The van der Waals surface area contributed by atoms with E-state index in [1.807, 2.05) is 30.3 Å². The SMILES string of the molecule is CCc1cccc2c(C3=NN(C)C(=NCc4ccccc4)SC3)c[nH]c12. The molecule has 1 aliphatic heterocycles. The molecule has 0 atom stereocenters. The Kier molecular flexibility index (Phi) is 4.80. The summed E-state index contributed by atoms with van der Waals surface area (Å²) in [4.78, 5) is 8.17. The molecular formula is C21H22N4S. The van der Waals surface area contributed by atoms with Crippen molar-refractivity contribution in [1.29, 1.82) is 0 Å². The molecule has 0 spiro atoms. The molecule has 26 heavy (non-hydrogen) atoms. The van der Waals surface area contributed by atoms with Crippen LogP contribution in [0.5, 0.6) is 0 Å². The van der Waals surface area contributed by atoms with Gasteiger partial charge in [-0.15, -0.1) is 0 Å². The van der Waals surface area contributed by atoms with Gasteiger partial charge in [-0.1, -0.05) is 67.2 Å². The lowest BCUT2D eigenvalue weighted by atomic mass is 10.1. The first-order valence-electron chi connectivity index (χ1n) is 8.88. The number of nitrogens with one attached hydrogen (secondary N) is 1. The molecular weight excluding hydrogens is 340 g/mol. The van der Waals surface area contributed by atoms with Gasteiger partial charge < -0.3 is 4.98 Å². The number of hydrogen-bond acceptors (Lipinski definition) is 3. The van der Waals surface area contributed by atoms with E-state index >= 15 is 0 Å². The number of hydrogen-bond donors (Lipinski definition) is 1. The van der Waals surface area contributed by atoms with Crippen LogP contribution < -0.4 is 0 Å². The topological polar surface area (TPSA) is 43.8 Å². The normalized spacial score (nSPS) is 16.3. The number of amidine groups is 1. The maximum absolute atomic E-state index is 4.80. The van der Waals surface area contributed by atoms with Crippen LogP contribution in [-0.2, 0) is 13.0 Å². The minimum Gasteiger partial charge on any atom is -0.360 e. The quantitative estimate of drug-likeness (QED) is 0.733. The van der Waals surface area contributed by atoms with Gasteiger partial charge in [-0.05, 0) is 17.5 Å². The second kappa shape index (κ2) is 7.38. The zero-order valence-corrected chi connectivity index (χ0v) is 15.9. The van der Waals surface area contributed by atoms with Gasteiger partial charge in [0.15, 0.2) is 5.17 Å². The van der Waals surface area contributed by atoms with Gasteiger partial charge in [0.2, 0.25) is 0 Å². The van der Waals surface area contributed by atoms with E-state index in [0.29, 0.717) is 6.54 Å². The lowest BCUT2D eigenvalue weighted by molar-refractivity contribution is 0.550. The predicted octanol–water partition coefficient (Wildman–Crippen LogP) is 4.67. The monoisotopic (exact) mass is 362 g/mol. The molecule has 1 N–H and O–H groups in total. The highest BCUT2D eigenvalue weighted by molar-refractivity contribution is 8.14. The van der Waals surface area contributed by atoms with Gasteiger partial charge in [-0.3, -0.25) is 4.99 Å². The maximum atomic E-state index is 4.80. The highest BCUT2D eigenvalue weighted by atomic mass is 32.2. The van der Waals surface area contributed by atoms with Crippen LogP contribution in [0, 0.1) is 0 Å². The van der Waals surface area contributed by atoms with Crippen LogP contribution in [0.3, 0.4) is 0 Å². The lowest BCUT2D eigenvalue weighted by Crippen LogP contribution is -2.27. The highest BCUT2D eigenvalue weighted by Crippen LogP contribution is 2.26. The average Bonchev–Trinajstić information content (AvgIpc) is 3.12. The van der Waals surface area contributed by atoms with E-state index < -0.39 is 0 Å². The van der Waals surface area contributed by atoms with Gasteiger partial charge in [0.05, 0.1) is 12.3 Å². The van der Waals surface area contributed by atoms with Crippen LogP contribution in [0.2, 0.25) is 0 Å². The zero-order valence-electron chi connectivity index (χ0n) is 15.1. The molecule has 0 fully saturated rings. The molecule has 4 rings (SSSR count). The third kappa shape index (κ3) is 3.27. The lowest BCUT2D eigenvalue weighted by Gasteiger charge is -2.22. The summed E-state index contributed by atoms with van der Waals surface area (Å²) >= 11 is 1.75. The molecule has 0 saturated heterocycles. The first-order valence-corrected chi connectivity index (χ1v) is 9.86. The molecule has 0 bridgehead atoms. The molecule has 132 valence electrons. The van der Waals surface area contributed by atoms with Crippen molar-refractivity contribution in [2.45, 2.75) is 19.9 Å². The van der Waals surface area contributed by atoms with E-state index in [0.717, 1.165) is 23.1 Å². The molecule has 0 aliphatic carbocycles. The fraction of sp³-hybridized carbons (Fsp3) is 0.238. The molecule has 0 amide bonds. The van der Waals surface area contributed by atoms with Crippen molar-refractivity contribution in [2.75, 3.05) is 12.8 Å². The number of aryl methyl sites for hydroxylation is 1. The zero-order chi connectivity index (χ0) is 17.9. The third-order valence-corrected chi connectivity index (χ3v) is 5.69. The van der Waals surface area contributed by atoms with Crippen molar-refractivity contribution in [3.8, 4) is 0 Å². The van der Waals surface area contributed by atoms with Crippen LogP contribution in [0.15, 0.2) is 64.8 Å². The molecule has 2 heterocycles. The van der Waals surface area contributed by atoms with E-state index in [1.54, 1.807) is 11.8 Å². The highest BCUT2D eigenvalue weighted by Gasteiger charge is 2.20. The van der Waals surface area contributed by atoms with Crippen LogP contribution in [0.25, 0.3) is 10.9 Å². The number of nitrogens with zero attached hydrogens (tertiary/aromatic N) is 3. The first-order chi connectivity index (χ1) is 12.8. The van der Waals surface area contributed by atoms with Crippen LogP contribution in [0.4, 0.5) is 0 Å². The standard InChI is InChI=1S/C21H22N4S/c1-3-16-10-7-11-17-18(13-22-20(16)17)19-14-26-21(25(2)24-19)23-12-15-8-5-4-6-9-15/h4-11,13,22H,3,12,14H2,1-2H3. The van der Waals surface area contributed by atoms with Crippen molar-refractivity contribution < 1.29 is 0 Å². The molecule has 0 unspecified atom stereocenters. The van der Waals surface area contributed by atoms with Gasteiger partial charge in [-0.2, -0.15) is 5.10 Å². The molecule has 2 aromatic carbocycles. The number of aliphatic imine (C=N–C) groups is 1. The Morgan fingerprint density at radius 3 is 2.77 bits per heavy atom. The largest absolute Gasteiger partial charge is 0.360 e. The van der Waals surface area contributed by atoms with Crippen molar-refractivity contribution in [3.63, 3.8) is 0 Å². The second-order valence-electron chi connectivity index (χ2n) is 6.34. The molecule has 1 aliphatic rings. The molecule has 0 saturated carbocycles. The van der Waals surface area contributed by atoms with Crippen molar-refractivity contribution in [3.05, 3.63) is 71.4 Å². The van der Waals surface area contributed by atoms with Gasteiger partial charge in [0, 0.05) is 35.5 Å². The Balaban J connectivity index is 1.59. The van der Waals surface area contributed by atoms with Gasteiger partial charge in [0.1, 0.15) is 0 Å². The van der Waals surface area contributed by atoms with Gasteiger partial charge >= 0.3 is 0 Å². The summed E-state index contributed by atoms with van der Waals surface area (Å²) in [5, 5.41) is 8.92. The first kappa shape index (κ1) is 16.9. The number of fused-ring (bicyclic) bond motifs is 1. The summed E-state index contributed by atoms with van der Waals surface area (Å²) < 4.78 is 0. The Hall–Kier alpha value is -2.53. The number of para-hydroxylation sites is 1. The van der Waals surface area contributed by atoms with Crippen molar-refractivity contribution in [1.82, 2.24) is 9.99 Å².